The molecule has 1 aliphatic rings. The molecule has 3 heterocycles. The quantitative estimate of drug-likeness (QED) is 0.306. The Morgan fingerprint density at radius 2 is 2.03 bits per heavy atom. The van der Waals surface area contributed by atoms with Crippen LogP contribution in [0.2, 0.25) is 0 Å². The van der Waals surface area contributed by atoms with E-state index in [1.54, 1.807) is 23.1 Å². The van der Waals surface area contributed by atoms with Gasteiger partial charge in [-0.1, -0.05) is 23.9 Å². The maximum Gasteiger partial charge on any atom is 0.253 e. The molecule has 4 aromatic rings. The highest BCUT2D eigenvalue weighted by Gasteiger charge is 2.23. The van der Waals surface area contributed by atoms with Crippen molar-refractivity contribution in [2.24, 2.45) is 0 Å². The van der Waals surface area contributed by atoms with Gasteiger partial charge in [0.1, 0.15) is 15.6 Å². The van der Waals surface area contributed by atoms with Gasteiger partial charge in [0, 0.05) is 16.0 Å². The van der Waals surface area contributed by atoms with Crippen LogP contribution in [0.25, 0.3) is 16.2 Å². The summed E-state index contributed by atoms with van der Waals surface area (Å²) < 4.78 is 7.13. The minimum atomic E-state index is -0.104. The summed E-state index contributed by atoms with van der Waals surface area (Å²) >= 11 is 3.21. The summed E-state index contributed by atoms with van der Waals surface area (Å²) in [4.78, 5) is 24.9. The Morgan fingerprint density at radius 1 is 1.21 bits per heavy atom. The van der Waals surface area contributed by atoms with E-state index in [0.717, 1.165) is 39.5 Å². The number of nitrogens with zero attached hydrogens (tertiary/aromatic N) is 4. The van der Waals surface area contributed by atoms with Crippen LogP contribution in [-0.4, -0.2) is 38.5 Å². The van der Waals surface area contributed by atoms with Gasteiger partial charge < -0.3 is 10.1 Å². The molecule has 0 bridgehead atoms. The summed E-state index contributed by atoms with van der Waals surface area (Å²) in [6.45, 7) is 3.96. The van der Waals surface area contributed by atoms with Gasteiger partial charge in [0.25, 0.3) is 5.95 Å². The third kappa shape index (κ3) is 4.35. The Bertz CT molecular complexity index is 1340. The first-order valence-electron chi connectivity index (χ1n) is 10.9. The van der Waals surface area contributed by atoms with Crippen molar-refractivity contribution < 1.29 is 9.53 Å². The molecule has 1 aromatic carbocycles. The van der Waals surface area contributed by atoms with Crippen LogP contribution in [0.15, 0.2) is 35.4 Å². The number of nitrogens with one attached hydrogen (secondary N) is 1. The van der Waals surface area contributed by atoms with Gasteiger partial charge in [0.15, 0.2) is 0 Å². The highest BCUT2D eigenvalue weighted by Crippen LogP contribution is 2.40. The van der Waals surface area contributed by atoms with Gasteiger partial charge in [-0.15, -0.1) is 11.3 Å². The van der Waals surface area contributed by atoms with Gasteiger partial charge in [-0.3, -0.25) is 4.79 Å². The molecule has 5 rings (SSSR count). The van der Waals surface area contributed by atoms with E-state index in [4.69, 9.17) is 14.7 Å². The Hall–Kier alpha value is -2.91. The molecule has 0 unspecified atom stereocenters. The van der Waals surface area contributed by atoms with Gasteiger partial charge in [0.2, 0.25) is 5.91 Å². The van der Waals surface area contributed by atoms with Crippen LogP contribution in [0.5, 0.6) is 5.75 Å². The molecule has 0 fully saturated rings. The van der Waals surface area contributed by atoms with Crippen LogP contribution in [0, 0.1) is 13.8 Å². The molecule has 170 valence electrons. The van der Waals surface area contributed by atoms with E-state index in [-0.39, 0.29) is 11.7 Å². The first-order valence-corrected chi connectivity index (χ1v) is 12.8. The lowest BCUT2D eigenvalue weighted by molar-refractivity contribution is -0.113. The number of thiophene rings is 1. The van der Waals surface area contributed by atoms with Crippen molar-refractivity contribution in [3.63, 3.8) is 0 Å². The third-order valence-corrected chi connectivity index (χ3v) is 7.85. The summed E-state index contributed by atoms with van der Waals surface area (Å²) in [6.07, 6.45) is 4.51. The Kier molecular flexibility index (Phi) is 6.07. The van der Waals surface area contributed by atoms with Gasteiger partial charge in [-0.2, -0.15) is 10.1 Å². The number of aryl methyl sites for hydroxylation is 4. The van der Waals surface area contributed by atoms with Crippen LogP contribution < -0.4 is 10.1 Å². The highest BCUT2D eigenvalue weighted by atomic mass is 32.2. The molecule has 3 aromatic heterocycles. The number of rotatable bonds is 6. The smallest absolute Gasteiger partial charge is 0.253 e. The van der Waals surface area contributed by atoms with E-state index in [9.17, 15) is 4.79 Å². The molecular weight excluding hydrogens is 454 g/mol. The predicted octanol–water partition coefficient (Wildman–Crippen LogP) is 5.11. The van der Waals surface area contributed by atoms with E-state index >= 15 is 0 Å². The molecule has 0 aliphatic heterocycles. The number of ether oxygens (including phenoxy) is 1. The summed E-state index contributed by atoms with van der Waals surface area (Å²) in [5.74, 6) is 1.33. The number of para-hydroxylation sites is 2. The zero-order valence-electron chi connectivity index (χ0n) is 18.8. The summed E-state index contributed by atoms with van der Waals surface area (Å²) in [5.41, 5.74) is 3.92. The van der Waals surface area contributed by atoms with Crippen molar-refractivity contribution >= 4 is 44.9 Å². The van der Waals surface area contributed by atoms with E-state index in [1.807, 2.05) is 44.2 Å². The first-order chi connectivity index (χ1) is 16.0. The number of carbonyl (C=O) groups is 1. The third-order valence-electron chi connectivity index (χ3n) is 5.69. The van der Waals surface area contributed by atoms with Gasteiger partial charge >= 0.3 is 0 Å². The maximum absolute atomic E-state index is 12.8. The van der Waals surface area contributed by atoms with Crippen LogP contribution in [-0.2, 0) is 17.6 Å². The average Bonchev–Trinajstić information content (AvgIpc) is 3.36. The molecule has 33 heavy (non-hydrogen) atoms. The second kappa shape index (κ2) is 9.15. The van der Waals surface area contributed by atoms with E-state index in [2.05, 4.69) is 10.4 Å². The lowest BCUT2D eigenvalue weighted by Gasteiger charge is -2.13. The van der Waals surface area contributed by atoms with Crippen molar-refractivity contribution in [3.05, 3.63) is 52.2 Å². The van der Waals surface area contributed by atoms with E-state index in [1.165, 1.54) is 35.0 Å². The van der Waals surface area contributed by atoms with Gasteiger partial charge in [0.05, 0.1) is 24.2 Å². The lowest BCUT2D eigenvalue weighted by Crippen LogP contribution is -2.15. The molecule has 1 N–H and O–H groups in total. The van der Waals surface area contributed by atoms with Crippen molar-refractivity contribution in [2.75, 3.05) is 18.2 Å². The van der Waals surface area contributed by atoms with Crippen molar-refractivity contribution in [1.29, 1.82) is 0 Å². The lowest BCUT2D eigenvalue weighted by atomic mass is 9.97. The van der Waals surface area contributed by atoms with Crippen LogP contribution >= 0.6 is 23.1 Å². The molecule has 1 aliphatic carbocycles. The predicted molar refractivity (Wildman–Crippen MR) is 133 cm³/mol. The van der Waals surface area contributed by atoms with Gasteiger partial charge in [-0.05, 0) is 63.3 Å². The SMILES string of the molecule is COc1ccccc1NC(=O)CSc1nc(-n2nc(C)cc2C)nc2sc3c(c12)CCCC3. The van der Waals surface area contributed by atoms with Crippen LogP contribution in [0.3, 0.4) is 0 Å². The Morgan fingerprint density at radius 3 is 2.82 bits per heavy atom. The van der Waals surface area contributed by atoms with E-state index < -0.39 is 0 Å². The number of thioether (sulfide) groups is 1. The number of carbonyl (C=O) groups excluding carboxylic acids is 1. The average molecular weight is 480 g/mol. The monoisotopic (exact) mass is 479 g/mol. The molecule has 0 radical (unpaired) electrons. The zero-order valence-corrected chi connectivity index (χ0v) is 20.5. The maximum atomic E-state index is 12.8. The van der Waals surface area contributed by atoms with Gasteiger partial charge in [-0.25, -0.2) is 9.67 Å². The number of benzene rings is 1. The minimum Gasteiger partial charge on any atom is -0.495 e. The standard InChI is InChI=1S/C24H25N5O2S2/c1-14-12-15(2)29(28-14)24-26-22(21-16-8-4-7-11-19(16)33-23(21)27-24)32-13-20(30)25-17-9-5-6-10-18(17)31-3/h5-6,9-10,12H,4,7-8,11,13H2,1-3H3,(H,25,30). The van der Waals surface area contributed by atoms with E-state index in [0.29, 0.717) is 17.4 Å². The van der Waals surface area contributed by atoms with Crippen LogP contribution in [0.1, 0.15) is 34.7 Å². The summed E-state index contributed by atoms with van der Waals surface area (Å²) in [6, 6.07) is 9.43. The van der Waals surface area contributed by atoms with Crippen LogP contribution in [0.4, 0.5) is 5.69 Å². The Labute approximate surface area is 200 Å². The fourth-order valence-corrected chi connectivity index (χ4v) is 6.38. The fourth-order valence-electron chi connectivity index (χ4n) is 4.21. The largest absolute Gasteiger partial charge is 0.495 e. The number of fused-ring (bicyclic) bond motifs is 3. The second-order valence-electron chi connectivity index (χ2n) is 8.10. The summed E-state index contributed by atoms with van der Waals surface area (Å²) in [5, 5.41) is 9.48. The molecule has 7 nitrogen and oxygen atoms in total. The molecular formula is C24H25N5O2S2. The molecule has 1 amide bonds. The molecule has 0 spiro atoms. The molecule has 0 atom stereocenters. The fraction of sp³-hybridized carbons (Fsp3) is 0.333. The second-order valence-corrected chi connectivity index (χ2v) is 10.1. The number of hydrogen-bond donors (Lipinski definition) is 1. The Balaban J connectivity index is 1.48. The number of hydrogen-bond acceptors (Lipinski definition) is 7. The number of methoxy groups -OCH3 is 1. The zero-order chi connectivity index (χ0) is 22.9. The van der Waals surface area contributed by atoms with Crippen molar-refractivity contribution in [1.82, 2.24) is 19.7 Å². The highest BCUT2D eigenvalue weighted by molar-refractivity contribution is 8.00. The molecule has 9 heteroatoms. The first kappa shape index (κ1) is 21.9. The summed E-state index contributed by atoms with van der Waals surface area (Å²) in [7, 11) is 1.59. The number of amides is 1. The van der Waals surface area contributed by atoms with Crippen molar-refractivity contribution in [2.45, 2.75) is 44.6 Å². The molecule has 0 saturated heterocycles. The topological polar surface area (TPSA) is 81.9 Å². The normalized spacial score (nSPS) is 13.2. The minimum absolute atomic E-state index is 0.104. The van der Waals surface area contributed by atoms with Crippen molar-refractivity contribution in [3.8, 4) is 11.7 Å². The number of anilines is 1. The number of aromatic nitrogens is 4. The molecule has 0 saturated carbocycles.